The Balaban J connectivity index is 0.00000300. The van der Waals surface area contributed by atoms with E-state index in [-0.39, 0.29) is 24.0 Å². The first-order valence-corrected chi connectivity index (χ1v) is 10.7. The van der Waals surface area contributed by atoms with E-state index in [1.54, 1.807) is 23.7 Å². The molecule has 1 aliphatic heterocycles. The Morgan fingerprint density at radius 3 is 2.48 bits per heavy atom. The molecule has 2 aromatic rings. The average molecular weight is 530 g/mol. The summed E-state index contributed by atoms with van der Waals surface area (Å²) in [7, 11) is 0. The third-order valence-electron chi connectivity index (χ3n) is 4.72. The second-order valence-electron chi connectivity index (χ2n) is 6.75. The molecule has 0 bridgehead atoms. The fourth-order valence-corrected chi connectivity index (χ4v) is 3.91. The number of aromatic nitrogens is 3. The van der Waals surface area contributed by atoms with Crippen LogP contribution in [0.1, 0.15) is 22.5 Å². The maximum Gasteiger partial charge on any atom is 0.225 e. The van der Waals surface area contributed by atoms with E-state index in [0.29, 0.717) is 6.54 Å². The minimum absolute atomic E-state index is 0. The molecular weight excluding hydrogens is 499 g/mol. The standard InChI is InChI=1S/C19H30N8S.HI/c1-4-20-18(24-14-17-25-15(2)16(3)28-17)21-8-9-26-10-12-27(13-11-26)19-22-6-5-7-23-19;/h5-7H,4,8-14H2,1-3H3,(H2,20,21,24);1H. The molecule has 8 nitrogen and oxygen atoms in total. The highest BCUT2D eigenvalue weighted by atomic mass is 127. The molecule has 3 heterocycles. The highest BCUT2D eigenvalue weighted by Crippen LogP contribution is 2.16. The minimum Gasteiger partial charge on any atom is -0.357 e. The van der Waals surface area contributed by atoms with E-state index in [9.17, 15) is 0 Å². The molecule has 160 valence electrons. The molecule has 0 unspecified atom stereocenters. The lowest BCUT2D eigenvalue weighted by molar-refractivity contribution is 0.260. The van der Waals surface area contributed by atoms with E-state index >= 15 is 0 Å². The third kappa shape index (κ3) is 7.34. The molecule has 1 aliphatic rings. The van der Waals surface area contributed by atoms with Crippen molar-refractivity contribution in [3.05, 3.63) is 34.0 Å². The van der Waals surface area contributed by atoms with Gasteiger partial charge in [-0.2, -0.15) is 0 Å². The number of thiazole rings is 1. The van der Waals surface area contributed by atoms with Crippen LogP contribution in [0.5, 0.6) is 0 Å². The van der Waals surface area contributed by atoms with Crippen molar-refractivity contribution >= 4 is 47.2 Å². The SMILES string of the molecule is CCNC(=NCc1nc(C)c(C)s1)NCCN1CCN(c2ncccn2)CC1.I. The van der Waals surface area contributed by atoms with Gasteiger partial charge in [0.1, 0.15) is 5.01 Å². The van der Waals surface area contributed by atoms with Crippen molar-refractivity contribution < 1.29 is 0 Å². The first kappa shape index (κ1) is 23.7. The van der Waals surface area contributed by atoms with Gasteiger partial charge in [0.15, 0.2) is 5.96 Å². The van der Waals surface area contributed by atoms with Crippen LogP contribution in [0.4, 0.5) is 5.95 Å². The van der Waals surface area contributed by atoms with Gasteiger partial charge >= 0.3 is 0 Å². The molecule has 1 saturated heterocycles. The summed E-state index contributed by atoms with van der Waals surface area (Å²) >= 11 is 1.72. The Kier molecular flexibility index (Phi) is 10.0. The molecule has 3 rings (SSSR count). The molecule has 29 heavy (non-hydrogen) atoms. The van der Waals surface area contributed by atoms with Gasteiger partial charge in [-0.1, -0.05) is 0 Å². The molecule has 0 saturated carbocycles. The second-order valence-corrected chi connectivity index (χ2v) is 8.04. The van der Waals surface area contributed by atoms with Crippen molar-refractivity contribution in [2.45, 2.75) is 27.3 Å². The number of nitrogens with one attached hydrogen (secondary N) is 2. The van der Waals surface area contributed by atoms with Crippen molar-refractivity contribution in [1.29, 1.82) is 0 Å². The lowest BCUT2D eigenvalue weighted by Gasteiger charge is -2.34. The van der Waals surface area contributed by atoms with E-state index in [2.05, 4.69) is 54.2 Å². The first-order chi connectivity index (χ1) is 13.7. The van der Waals surface area contributed by atoms with Crippen molar-refractivity contribution in [3.63, 3.8) is 0 Å². The van der Waals surface area contributed by atoms with Gasteiger partial charge in [0, 0.05) is 63.1 Å². The van der Waals surface area contributed by atoms with Gasteiger partial charge in [-0.3, -0.25) is 4.90 Å². The van der Waals surface area contributed by atoms with Crippen molar-refractivity contribution in [2.24, 2.45) is 4.99 Å². The Morgan fingerprint density at radius 2 is 1.86 bits per heavy atom. The summed E-state index contributed by atoms with van der Waals surface area (Å²) in [5, 5.41) is 7.81. The molecule has 0 atom stereocenters. The van der Waals surface area contributed by atoms with Gasteiger partial charge in [0.2, 0.25) is 5.95 Å². The molecule has 10 heteroatoms. The molecule has 0 radical (unpaired) electrons. The number of aryl methyl sites for hydroxylation is 2. The number of hydrogen-bond donors (Lipinski definition) is 2. The van der Waals surface area contributed by atoms with Gasteiger partial charge in [-0.15, -0.1) is 35.3 Å². The predicted molar refractivity (Wildman–Crippen MR) is 131 cm³/mol. The minimum atomic E-state index is 0. The third-order valence-corrected chi connectivity index (χ3v) is 5.77. The lowest BCUT2D eigenvalue weighted by atomic mass is 10.3. The Morgan fingerprint density at radius 1 is 1.14 bits per heavy atom. The summed E-state index contributed by atoms with van der Waals surface area (Å²) in [6.45, 7) is 13.5. The summed E-state index contributed by atoms with van der Waals surface area (Å²) in [5.41, 5.74) is 1.10. The second kappa shape index (κ2) is 12.2. The molecular formula is C19H31IN8S. The molecule has 0 aliphatic carbocycles. The smallest absolute Gasteiger partial charge is 0.225 e. The largest absolute Gasteiger partial charge is 0.357 e. The molecule has 0 aromatic carbocycles. The van der Waals surface area contributed by atoms with Crippen LogP contribution in [-0.2, 0) is 6.54 Å². The topological polar surface area (TPSA) is 81.6 Å². The van der Waals surface area contributed by atoms with Crippen molar-refractivity contribution in [1.82, 2.24) is 30.5 Å². The monoisotopic (exact) mass is 530 g/mol. The summed E-state index contributed by atoms with van der Waals surface area (Å²) in [6.07, 6.45) is 3.60. The quantitative estimate of drug-likeness (QED) is 0.322. The van der Waals surface area contributed by atoms with Crippen LogP contribution in [0.25, 0.3) is 0 Å². The number of aliphatic imine (C=N–C) groups is 1. The van der Waals surface area contributed by atoms with Gasteiger partial charge < -0.3 is 15.5 Å². The number of nitrogens with zero attached hydrogens (tertiary/aromatic N) is 6. The molecule has 2 aromatic heterocycles. The zero-order valence-electron chi connectivity index (χ0n) is 17.4. The number of halogens is 1. The van der Waals surface area contributed by atoms with E-state index in [4.69, 9.17) is 0 Å². The summed E-state index contributed by atoms with van der Waals surface area (Å²) in [5.74, 6) is 1.68. The first-order valence-electron chi connectivity index (χ1n) is 9.85. The van der Waals surface area contributed by atoms with E-state index in [1.807, 2.05) is 13.0 Å². The predicted octanol–water partition coefficient (Wildman–Crippen LogP) is 2.05. The number of piperazine rings is 1. The molecule has 2 N–H and O–H groups in total. The average Bonchev–Trinajstić information content (AvgIpc) is 3.05. The van der Waals surface area contributed by atoms with E-state index in [0.717, 1.165) is 68.4 Å². The van der Waals surface area contributed by atoms with Crippen LogP contribution in [0, 0.1) is 13.8 Å². The highest BCUT2D eigenvalue weighted by molar-refractivity contribution is 14.0. The number of anilines is 1. The summed E-state index contributed by atoms with van der Waals surface area (Å²) < 4.78 is 0. The number of guanidine groups is 1. The van der Waals surface area contributed by atoms with Crippen LogP contribution in [0.3, 0.4) is 0 Å². The Labute approximate surface area is 194 Å². The molecule has 1 fully saturated rings. The number of rotatable bonds is 7. The lowest BCUT2D eigenvalue weighted by Crippen LogP contribution is -2.49. The highest BCUT2D eigenvalue weighted by Gasteiger charge is 2.18. The van der Waals surface area contributed by atoms with Gasteiger partial charge in [-0.05, 0) is 26.8 Å². The van der Waals surface area contributed by atoms with Gasteiger partial charge in [0.05, 0.1) is 12.2 Å². The van der Waals surface area contributed by atoms with E-state index in [1.165, 1.54) is 4.88 Å². The Bertz CT molecular complexity index is 739. The normalized spacial score (nSPS) is 15.1. The van der Waals surface area contributed by atoms with Crippen LogP contribution in [0.15, 0.2) is 23.5 Å². The molecule has 0 amide bonds. The number of hydrogen-bond acceptors (Lipinski definition) is 7. The van der Waals surface area contributed by atoms with Gasteiger partial charge in [0.25, 0.3) is 0 Å². The van der Waals surface area contributed by atoms with Gasteiger partial charge in [-0.25, -0.2) is 19.9 Å². The zero-order valence-corrected chi connectivity index (χ0v) is 20.5. The Hall–Kier alpha value is -1.53. The van der Waals surface area contributed by atoms with Crippen molar-refractivity contribution in [3.8, 4) is 0 Å². The molecule has 0 spiro atoms. The fraction of sp³-hybridized carbons (Fsp3) is 0.579. The van der Waals surface area contributed by atoms with Crippen LogP contribution in [-0.4, -0.2) is 71.6 Å². The van der Waals surface area contributed by atoms with Crippen molar-refractivity contribution in [2.75, 3.05) is 50.7 Å². The summed E-state index contributed by atoms with van der Waals surface area (Å²) in [6, 6.07) is 1.85. The van der Waals surface area contributed by atoms with Crippen LogP contribution in [0.2, 0.25) is 0 Å². The zero-order chi connectivity index (χ0) is 19.8. The fourth-order valence-electron chi connectivity index (χ4n) is 3.05. The van der Waals surface area contributed by atoms with E-state index < -0.39 is 0 Å². The summed E-state index contributed by atoms with van der Waals surface area (Å²) in [4.78, 5) is 23.9. The van der Waals surface area contributed by atoms with Crippen LogP contribution < -0.4 is 15.5 Å². The maximum absolute atomic E-state index is 4.67. The maximum atomic E-state index is 4.67. The van der Waals surface area contributed by atoms with Crippen LogP contribution >= 0.6 is 35.3 Å².